The fourth-order valence-electron chi connectivity index (χ4n) is 6.88. The van der Waals surface area contributed by atoms with E-state index in [1.807, 2.05) is 12.1 Å². The largest absolute Gasteiger partial charge is 0.310 e. The van der Waals surface area contributed by atoms with E-state index in [9.17, 15) is 5.26 Å². The molecular formula is C38H28N2. The second kappa shape index (κ2) is 9.26. The van der Waals surface area contributed by atoms with Crippen molar-refractivity contribution in [1.29, 1.82) is 5.26 Å². The van der Waals surface area contributed by atoms with Crippen LogP contribution in [0.3, 0.4) is 0 Å². The summed E-state index contributed by atoms with van der Waals surface area (Å²) in [5, 5.41) is 9.39. The number of para-hydroxylation sites is 3. The molecule has 40 heavy (non-hydrogen) atoms. The summed E-state index contributed by atoms with van der Waals surface area (Å²) in [4.78, 5) is 2.40. The Morgan fingerprint density at radius 2 is 1.27 bits per heavy atom. The van der Waals surface area contributed by atoms with Gasteiger partial charge in [0, 0.05) is 5.69 Å². The van der Waals surface area contributed by atoms with Crippen LogP contribution in [0, 0.1) is 11.3 Å². The summed E-state index contributed by atoms with van der Waals surface area (Å²) in [6.45, 7) is 4.40. The first kappa shape index (κ1) is 23.9. The van der Waals surface area contributed by atoms with Crippen molar-refractivity contribution in [3.8, 4) is 17.2 Å². The maximum atomic E-state index is 9.39. The van der Waals surface area contributed by atoms with Crippen molar-refractivity contribution in [3.63, 3.8) is 0 Å². The van der Waals surface area contributed by atoms with Crippen molar-refractivity contribution in [2.24, 2.45) is 0 Å². The summed E-state index contributed by atoms with van der Waals surface area (Å²) < 4.78 is 0. The van der Waals surface area contributed by atoms with Crippen molar-refractivity contribution in [1.82, 2.24) is 0 Å². The molecule has 5 aromatic carbocycles. The van der Waals surface area contributed by atoms with Gasteiger partial charge in [-0.25, -0.2) is 0 Å². The zero-order valence-corrected chi connectivity index (χ0v) is 22.6. The quantitative estimate of drug-likeness (QED) is 0.241. The molecule has 0 saturated carbocycles. The molecule has 2 aliphatic rings. The Labute approximate surface area is 235 Å². The van der Waals surface area contributed by atoms with Crippen molar-refractivity contribution in [3.05, 3.63) is 167 Å². The third-order valence-corrected chi connectivity index (χ3v) is 8.47. The summed E-state index contributed by atoms with van der Waals surface area (Å²) in [7, 11) is 0. The Morgan fingerprint density at radius 3 is 1.90 bits per heavy atom. The molecule has 7 rings (SSSR count). The highest BCUT2D eigenvalue weighted by Crippen LogP contribution is 2.63. The molecule has 0 amide bonds. The van der Waals surface area contributed by atoms with Gasteiger partial charge in [-0.15, -0.1) is 0 Å². The zero-order chi connectivity index (χ0) is 27.3. The van der Waals surface area contributed by atoms with Gasteiger partial charge in [-0.3, -0.25) is 0 Å². The lowest BCUT2D eigenvalue weighted by molar-refractivity contribution is 0.729. The van der Waals surface area contributed by atoms with Gasteiger partial charge in [0.15, 0.2) is 0 Å². The third kappa shape index (κ3) is 3.22. The van der Waals surface area contributed by atoms with Gasteiger partial charge in [-0.05, 0) is 94.8 Å². The van der Waals surface area contributed by atoms with Crippen LogP contribution in [0.1, 0.15) is 41.7 Å². The minimum absolute atomic E-state index is 0.439. The predicted molar refractivity (Wildman–Crippen MR) is 165 cm³/mol. The summed E-state index contributed by atoms with van der Waals surface area (Å²) in [6, 6.07) is 45.3. The number of benzene rings is 5. The topological polar surface area (TPSA) is 27.0 Å². The van der Waals surface area contributed by atoms with E-state index in [2.05, 4.69) is 146 Å². The molecule has 0 atom stereocenters. The van der Waals surface area contributed by atoms with Gasteiger partial charge >= 0.3 is 0 Å². The maximum absolute atomic E-state index is 9.39. The minimum atomic E-state index is -0.439. The van der Waals surface area contributed by atoms with Crippen molar-refractivity contribution in [2.45, 2.75) is 19.3 Å². The molecule has 1 heterocycles. The smallest absolute Gasteiger partial charge is 0.0991 e. The highest BCUT2D eigenvalue weighted by atomic mass is 15.2. The van der Waals surface area contributed by atoms with Crippen LogP contribution < -0.4 is 4.90 Å². The molecule has 0 saturated heterocycles. The van der Waals surface area contributed by atoms with Crippen LogP contribution in [0.2, 0.25) is 0 Å². The molecule has 1 spiro atoms. The summed E-state index contributed by atoms with van der Waals surface area (Å²) in [5.41, 5.74) is 13.8. The Morgan fingerprint density at radius 1 is 0.675 bits per heavy atom. The molecule has 0 unspecified atom stereocenters. The first-order valence-corrected chi connectivity index (χ1v) is 13.7. The minimum Gasteiger partial charge on any atom is -0.310 e. The van der Waals surface area contributed by atoms with Gasteiger partial charge in [0.1, 0.15) is 0 Å². The van der Waals surface area contributed by atoms with Crippen LogP contribution in [0.5, 0.6) is 0 Å². The number of rotatable bonds is 3. The highest BCUT2D eigenvalue weighted by molar-refractivity contribution is 6.00. The third-order valence-electron chi connectivity index (χ3n) is 8.47. The van der Waals surface area contributed by atoms with Gasteiger partial charge in [-0.1, -0.05) is 97.1 Å². The molecule has 0 N–H and O–H groups in total. The van der Waals surface area contributed by atoms with Crippen LogP contribution in [0.25, 0.3) is 16.7 Å². The van der Waals surface area contributed by atoms with E-state index in [-0.39, 0.29) is 0 Å². The van der Waals surface area contributed by atoms with E-state index < -0.39 is 5.41 Å². The average molecular weight is 513 g/mol. The summed E-state index contributed by atoms with van der Waals surface area (Å²) >= 11 is 0. The second-order valence-electron chi connectivity index (χ2n) is 10.4. The van der Waals surface area contributed by atoms with Gasteiger partial charge in [-0.2, -0.15) is 5.26 Å². The number of anilines is 3. The Balaban J connectivity index is 1.60. The van der Waals surface area contributed by atoms with Crippen molar-refractivity contribution < 1.29 is 0 Å². The molecule has 1 aliphatic carbocycles. The van der Waals surface area contributed by atoms with Gasteiger partial charge < -0.3 is 4.90 Å². The van der Waals surface area contributed by atoms with E-state index in [0.717, 1.165) is 11.3 Å². The Kier molecular flexibility index (Phi) is 5.54. The molecule has 2 heteroatoms. The molecule has 2 nitrogen and oxygen atoms in total. The van der Waals surface area contributed by atoms with Crippen LogP contribution in [0.15, 0.2) is 139 Å². The maximum Gasteiger partial charge on any atom is 0.0991 e. The predicted octanol–water partition coefficient (Wildman–Crippen LogP) is 9.71. The SMILES string of the molecule is C/C=C\C1=C(C)C2(c3ccccc3N(c3ccccc3)c3ccccc32)c2cccc(-c3ccc(C#N)cc3)c21. The molecule has 5 aromatic rings. The Hall–Kier alpha value is -5.13. The first-order chi connectivity index (χ1) is 19.7. The lowest BCUT2D eigenvalue weighted by Crippen LogP contribution is -2.36. The zero-order valence-electron chi connectivity index (χ0n) is 22.6. The number of allylic oxidation sites excluding steroid dienone is 4. The molecule has 0 radical (unpaired) electrons. The average Bonchev–Trinajstić information content (AvgIpc) is 3.26. The number of hydrogen-bond acceptors (Lipinski definition) is 2. The highest BCUT2D eigenvalue weighted by Gasteiger charge is 2.51. The molecule has 0 aromatic heterocycles. The van der Waals surface area contributed by atoms with Crippen molar-refractivity contribution in [2.75, 3.05) is 4.90 Å². The molecular weight excluding hydrogens is 484 g/mol. The van der Waals surface area contributed by atoms with Crippen molar-refractivity contribution >= 4 is 22.6 Å². The van der Waals surface area contributed by atoms with E-state index in [4.69, 9.17) is 0 Å². The van der Waals surface area contributed by atoms with Gasteiger partial charge in [0.25, 0.3) is 0 Å². The lowest BCUT2D eigenvalue weighted by atomic mass is 9.64. The molecule has 190 valence electrons. The fourth-order valence-corrected chi connectivity index (χ4v) is 6.88. The van der Waals surface area contributed by atoms with Crippen LogP contribution in [-0.2, 0) is 5.41 Å². The van der Waals surface area contributed by atoms with Gasteiger partial charge in [0.05, 0.1) is 28.4 Å². The normalized spacial score (nSPS) is 14.7. The Bertz CT molecular complexity index is 1820. The molecule has 1 aliphatic heterocycles. The lowest BCUT2D eigenvalue weighted by Gasteiger charge is -2.45. The first-order valence-electron chi connectivity index (χ1n) is 13.7. The van der Waals surface area contributed by atoms with Crippen LogP contribution in [0.4, 0.5) is 17.1 Å². The molecule has 0 fully saturated rings. The van der Waals surface area contributed by atoms with Crippen LogP contribution >= 0.6 is 0 Å². The number of fused-ring (bicyclic) bond motifs is 6. The second-order valence-corrected chi connectivity index (χ2v) is 10.4. The van der Waals surface area contributed by atoms with Gasteiger partial charge in [0.2, 0.25) is 0 Å². The van der Waals surface area contributed by atoms with Crippen LogP contribution in [-0.4, -0.2) is 0 Å². The number of nitrogens with zero attached hydrogens (tertiary/aromatic N) is 2. The fraction of sp³-hybridized carbons (Fsp3) is 0.0789. The standard InChI is InChI=1S/C38H28N2/c1-3-12-30-26(2)38(34-18-11-15-31(37(30)34)28-23-21-27(25-39)22-24-28)32-16-7-9-19-35(32)40(29-13-5-4-6-14-29)36-20-10-8-17-33(36)38/h3-24H,1-2H3/b12-3-. The molecule has 0 bridgehead atoms. The summed E-state index contributed by atoms with van der Waals surface area (Å²) in [5.74, 6) is 0. The van der Waals surface area contributed by atoms with E-state index in [0.29, 0.717) is 5.56 Å². The van der Waals surface area contributed by atoms with E-state index in [1.165, 1.54) is 50.3 Å². The summed E-state index contributed by atoms with van der Waals surface area (Å²) in [6.07, 6.45) is 4.42. The monoisotopic (exact) mass is 512 g/mol. The van der Waals surface area contributed by atoms with E-state index >= 15 is 0 Å². The van der Waals surface area contributed by atoms with E-state index in [1.54, 1.807) is 0 Å². The number of hydrogen-bond donors (Lipinski definition) is 0. The number of nitriles is 1.